The second-order valence-electron chi connectivity index (χ2n) is 4.53. The predicted molar refractivity (Wildman–Crippen MR) is 86.9 cm³/mol. The van der Waals surface area contributed by atoms with Crippen molar-refractivity contribution in [3.63, 3.8) is 0 Å². The van der Waals surface area contributed by atoms with Crippen LogP contribution in [0.5, 0.6) is 0 Å². The lowest BCUT2D eigenvalue weighted by molar-refractivity contribution is 1.22. The summed E-state index contributed by atoms with van der Waals surface area (Å²) in [4.78, 5) is 8.41. The van der Waals surface area contributed by atoms with Crippen molar-refractivity contribution in [3.05, 3.63) is 58.9 Å². The summed E-state index contributed by atoms with van der Waals surface area (Å²) in [5.74, 6) is 3.17. The van der Waals surface area contributed by atoms with Crippen LogP contribution in [0, 0.1) is 23.7 Å². The third-order valence-electron chi connectivity index (χ3n) is 3.14. The number of terminal acetylenes is 1. The lowest BCUT2D eigenvalue weighted by Crippen LogP contribution is -1.97. The first-order valence-electron chi connectivity index (χ1n) is 6.39. The number of anilines is 2. The minimum atomic E-state index is 0.369. The molecule has 0 radical (unpaired) electrons. The van der Waals surface area contributed by atoms with E-state index < -0.39 is 0 Å². The fourth-order valence-corrected chi connectivity index (χ4v) is 2.29. The number of benzene rings is 2. The van der Waals surface area contributed by atoms with Crippen LogP contribution in [-0.4, -0.2) is 9.97 Å². The van der Waals surface area contributed by atoms with Crippen LogP contribution in [0.1, 0.15) is 11.1 Å². The molecule has 1 aromatic heterocycles. The van der Waals surface area contributed by atoms with E-state index in [-0.39, 0.29) is 0 Å². The predicted octanol–water partition coefficient (Wildman–Crippen LogP) is 3.88. The highest BCUT2D eigenvalue weighted by molar-refractivity contribution is 6.32. The average molecular weight is 305 g/mol. The Morgan fingerprint density at radius 3 is 2.82 bits per heavy atom. The van der Waals surface area contributed by atoms with Gasteiger partial charge in [-0.15, -0.1) is 6.42 Å². The lowest BCUT2D eigenvalue weighted by atomic mass is 10.1. The van der Waals surface area contributed by atoms with Gasteiger partial charge in [0.2, 0.25) is 0 Å². The number of hydrogen-bond acceptors (Lipinski definition) is 4. The van der Waals surface area contributed by atoms with Crippen LogP contribution < -0.4 is 5.32 Å². The van der Waals surface area contributed by atoms with E-state index in [9.17, 15) is 0 Å². The minimum Gasteiger partial charge on any atom is -0.340 e. The zero-order chi connectivity index (χ0) is 15.5. The Morgan fingerprint density at radius 2 is 2.05 bits per heavy atom. The fourth-order valence-electron chi connectivity index (χ4n) is 2.09. The molecule has 0 atom stereocenters. The van der Waals surface area contributed by atoms with E-state index in [0.717, 1.165) is 16.6 Å². The third-order valence-corrected chi connectivity index (χ3v) is 3.45. The van der Waals surface area contributed by atoms with Gasteiger partial charge in [0, 0.05) is 16.6 Å². The highest BCUT2D eigenvalue weighted by atomic mass is 35.5. The van der Waals surface area contributed by atoms with Crippen LogP contribution in [0.4, 0.5) is 11.5 Å². The SMILES string of the molecule is C#Cc1cccc(Nc2ncnc3cc(Cl)c(C#N)cc23)c1. The van der Waals surface area contributed by atoms with E-state index in [2.05, 4.69) is 27.3 Å². The number of hydrogen-bond donors (Lipinski definition) is 1. The zero-order valence-electron chi connectivity index (χ0n) is 11.3. The molecule has 0 aliphatic rings. The molecule has 22 heavy (non-hydrogen) atoms. The molecule has 4 nitrogen and oxygen atoms in total. The van der Waals surface area contributed by atoms with Gasteiger partial charge in [-0.3, -0.25) is 0 Å². The standard InChI is InChI=1S/C17H9ClN4/c1-2-11-4-3-5-13(6-11)22-17-14-7-12(9-19)15(18)8-16(14)20-10-21-17/h1,3-8,10H,(H,20,21,22). The van der Waals surface area contributed by atoms with Gasteiger partial charge < -0.3 is 5.32 Å². The molecule has 0 saturated heterocycles. The van der Waals surface area contributed by atoms with Gasteiger partial charge in [-0.25, -0.2) is 9.97 Å². The van der Waals surface area contributed by atoms with Crippen molar-refractivity contribution < 1.29 is 0 Å². The molecule has 0 spiro atoms. The summed E-state index contributed by atoms with van der Waals surface area (Å²) in [5.41, 5.74) is 2.62. The number of fused-ring (bicyclic) bond motifs is 1. The van der Waals surface area contributed by atoms with Crippen LogP contribution in [0.3, 0.4) is 0 Å². The summed E-state index contributed by atoms with van der Waals surface area (Å²) in [6.07, 6.45) is 6.85. The van der Waals surface area contributed by atoms with Gasteiger partial charge in [0.25, 0.3) is 0 Å². The summed E-state index contributed by atoms with van der Waals surface area (Å²) in [6, 6.07) is 12.8. The molecule has 0 aliphatic heterocycles. The molecular weight excluding hydrogens is 296 g/mol. The van der Waals surface area contributed by atoms with Gasteiger partial charge in [0.15, 0.2) is 0 Å². The molecule has 3 aromatic rings. The number of nitrogens with one attached hydrogen (secondary N) is 1. The maximum atomic E-state index is 9.11. The van der Waals surface area contributed by atoms with E-state index in [1.807, 2.05) is 24.3 Å². The van der Waals surface area contributed by atoms with Crippen molar-refractivity contribution in [1.29, 1.82) is 5.26 Å². The van der Waals surface area contributed by atoms with Gasteiger partial charge >= 0.3 is 0 Å². The van der Waals surface area contributed by atoms with Crippen molar-refractivity contribution in [1.82, 2.24) is 9.97 Å². The first-order chi connectivity index (χ1) is 10.7. The molecule has 0 bridgehead atoms. The molecule has 0 unspecified atom stereocenters. The number of aromatic nitrogens is 2. The Labute approximate surface area is 132 Å². The maximum Gasteiger partial charge on any atom is 0.141 e. The first kappa shape index (κ1) is 13.9. The highest BCUT2D eigenvalue weighted by Crippen LogP contribution is 2.28. The maximum absolute atomic E-state index is 9.11. The molecule has 2 aromatic carbocycles. The largest absolute Gasteiger partial charge is 0.340 e. The monoisotopic (exact) mass is 304 g/mol. The number of nitrogens with zero attached hydrogens (tertiary/aromatic N) is 3. The zero-order valence-corrected chi connectivity index (χ0v) is 12.1. The van der Waals surface area contributed by atoms with Gasteiger partial charge in [-0.05, 0) is 30.3 Å². The molecule has 3 rings (SSSR count). The van der Waals surface area contributed by atoms with E-state index in [4.69, 9.17) is 23.3 Å². The van der Waals surface area contributed by atoms with Crippen molar-refractivity contribution in [2.24, 2.45) is 0 Å². The summed E-state index contributed by atoms with van der Waals surface area (Å²) in [6.45, 7) is 0. The third kappa shape index (κ3) is 2.56. The number of rotatable bonds is 2. The molecule has 5 heteroatoms. The Kier molecular flexibility index (Phi) is 3.62. The molecular formula is C17H9ClN4. The molecule has 0 aliphatic carbocycles. The minimum absolute atomic E-state index is 0.369. The van der Waals surface area contributed by atoms with Crippen LogP contribution in [0.25, 0.3) is 10.9 Å². The fraction of sp³-hybridized carbons (Fsp3) is 0. The van der Waals surface area contributed by atoms with Gasteiger partial charge in [-0.1, -0.05) is 23.6 Å². The lowest BCUT2D eigenvalue weighted by Gasteiger charge is -2.09. The number of halogens is 1. The summed E-state index contributed by atoms with van der Waals surface area (Å²) >= 11 is 6.03. The summed E-state index contributed by atoms with van der Waals surface area (Å²) < 4.78 is 0. The molecule has 0 amide bonds. The van der Waals surface area contributed by atoms with Crippen molar-refractivity contribution in [2.75, 3.05) is 5.32 Å². The Hall–Kier alpha value is -3.08. The Balaban J connectivity index is 2.11. The van der Waals surface area contributed by atoms with E-state index in [1.165, 1.54) is 6.33 Å². The van der Waals surface area contributed by atoms with Crippen molar-refractivity contribution >= 4 is 34.0 Å². The number of nitriles is 1. The highest BCUT2D eigenvalue weighted by Gasteiger charge is 2.09. The second-order valence-corrected chi connectivity index (χ2v) is 4.94. The van der Waals surface area contributed by atoms with Crippen molar-refractivity contribution in [2.45, 2.75) is 0 Å². The molecule has 104 valence electrons. The van der Waals surface area contributed by atoms with E-state index >= 15 is 0 Å². The normalized spacial score (nSPS) is 9.95. The Morgan fingerprint density at radius 1 is 1.18 bits per heavy atom. The van der Waals surface area contributed by atoms with Gasteiger partial charge in [0.1, 0.15) is 18.2 Å². The quantitative estimate of drug-likeness (QED) is 0.730. The summed E-state index contributed by atoms with van der Waals surface area (Å²) in [5, 5.41) is 13.4. The average Bonchev–Trinajstić information content (AvgIpc) is 2.54. The first-order valence-corrected chi connectivity index (χ1v) is 6.77. The van der Waals surface area contributed by atoms with E-state index in [1.54, 1.807) is 12.1 Å². The van der Waals surface area contributed by atoms with E-state index in [0.29, 0.717) is 21.9 Å². The molecule has 1 heterocycles. The topological polar surface area (TPSA) is 61.6 Å². The summed E-state index contributed by atoms with van der Waals surface area (Å²) in [7, 11) is 0. The van der Waals surface area contributed by atoms with Crippen LogP contribution in [0.2, 0.25) is 5.02 Å². The van der Waals surface area contributed by atoms with Gasteiger partial charge in [-0.2, -0.15) is 5.26 Å². The molecule has 1 N–H and O–H groups in total. The molecule has 0 saturated carbocycles. The molecule has 0 fully saturated rings. The van der Waals surface area contributed by atoms with Crippen LogP contribution in [-0.2, 0) is 0 Å². The van der Waals surface area contributed by atoms with Crippen molar-refractivity contribution in [3.8, 4) is 18.4 Å². The van der Waals surface area contributed by atoms with Crippen LogP contribution in [0.15, 0.2) is 42.7 Å². The smallest absolute Gasteiger partial charge is 0.141 e. The van der Waals surface area contributed by atoms with Gasteiger partial charge in [0.05, 0.1) is 16.1 Å². The Bertz CT molecular complexity index is 951. The second kappa shape index (κ2) is 5.73. The van der Waals surface area contributed by atoms with Crippen LogP contribution >= 0.6 is 11.6 Å².